The van der Waals surface area contributed by atoms with E-state index in [1.165, 1.54) is 12.1 Å². The number of carbonyl (C=O) groups is 1. The van der Waals surface area contributed by atoms with Crippen molar-refractivity contribution < 1.29 is 18.0 Å². The first-order valence-electron chi connectivity index (χ1n) is 7.87. The smallest absolute Gasteiger partial charge is 0.342 e. The molecule has 138 valence electrons. The van der Waals surface area contributed by atoms with Crippen molar-refractivity contribution in [2.45, 2.75) is 18.6 Å². The minimum Gasteiger partial charge on any atom is -0.342 e. The molecule has 0 saturated heterocycles. The summed E-state index contributed by atoms with van der Waals surface area (Å²) in [5, 5.41) is 2.78. The molecule has 9 heteroatoms. The van der Waals surface area contributed by atoms with Gasteiger partial charge in [0.25, 0.3) is 0 Å². The number of nitrogens with one attached hydrogen (secondary N) is 2. The zero-order valence-corrected chi connectivity index (χ0v) is 14.7. The monoisotopic (exact) mass is 382 g/mol. The molecule has 0 bridgehead atoms. The van der Waals surface area contributed by atoms with Gasteiger partial charge in [0, 0.05) is 18.1 Å². The molecule has 1 unspecified atom stereocenters. The third-order valence-electron chi connectivity index (χ3n) is 3.90. The molecule has 2 aromatic heterocycles. The number of aromatic amines is 1. The average molecular weight is 382 g/mol. The Balaban J connectivity index is 1.81. The van der Waals surface area contributed by atoms with E-state index in [2.05, 4.69) is 15.3 Å². The predicted molar refractivity (Wildman–Crippen MR) is 96.2 cm³/mol. The molecule has 2 N–H and O–H groups in total. The summed E-state index contributed by atoms with van der Waals surface area (Å²) in [4.78, 5) is 18.4. The summed E-state index contributed by atoms with van der Waals surface area (Å²) in [5.41, 5.74) is 0.831. The lowest BCUT2D eigenvalue weighted by atomic mass is 10.2. The molecule has 26 heavy (non-hydrogen) atoms. The average Bonchev–Trinajstić information content (AvgIpc) is 3.23. The van der Waals surface area contributed by atoms with E-state index in [9.17, 15) is 18.0 Å². The van der Waals surface area contributed by atoms with E-state index in [-0.39, 0.29) is 23.0 Å². The molecule has 0 aliphatic carbocycles. The van der Waals surface area contributed by atoms with Gasteiger partial charge in [-0.1, -0.05) is 0 Å². The van der Waals surface area contributed by atoms with E-state index < -0.39 is 12.0 Å². The molecule has 3 rings (SSSR count). The SMILES string of the molecule is CSCCC(C(=O)Nc1ccc2nc(C(F)(F)F)[nH]c2c1)n1cccc1. The summed E-state index contributed by atoms with van der Waals surface area (Å²) in [7, 11) is 0. The topological polar surface area (TPSA) is 62.7 Å². The lowest BCUT2D eigenvalue weighted by Crippen LogP contribution is -2.25. The van der Waals surface area contributed by atoms with E-state index in [4.69, 9.17) is 0 Å². The third-order valence-corrected chi connectivity index (χ3v) is 4.55. The van der Waals surface area contributed by atoms with Crippen LogP contribution >= 0.6 is 11.8 Å². The van der Waals surface area contributed by atoms with Crippen LogP contribution in [0.3, 0.4) is 0 Å². The van der Waals surface area contributed by atoms with Crippen molar-refractivity contribution in [2.75, 3.05) is 17.3 Å². The molecule has 0 aliphatic heterocycles. The Bertz CT molecular complexity index is 889. The van der Waals surface area contributed by atoms with Crippen molar-refractivity contribution in [2.24, 2.45) is 0 Å². The van der Waals surface area contributed by atoms with Crippen LogP contribution in [0.5, 0.6) is 0 Å². The molecular weight excluding hydrogens is 365 g/mol. The second-order valence-electron chi connectivity index (χ2n) is 5.73. The zero-order chi connectivity index (χ0) is 18.7. The Labute approximate surface area is 152 Å². The van der Waals surface area contributed by atoms with Crippen molar-refractivity contribution in [3.8, 4) is 0 Å². The number of thioether (sulfide) groups is 1. The van der Waals surface area contributed by atoms with Crippen molar-refractivity contribution in [1.82, 2.24) is 14.5 Å². The highest BCUT2D eigenvalue weighted by Gasteiger charge is 2.34. The largest absolute Gasteiger partial charge is 0.449 e. The maximum Gasteiger partial charge on any atom is 0.449 e. The molecule has 1 amide bonds. The number of fused-ring (bicyclic) bond motifs is 1. The summed E-state index contributed by atoms with van der Waals surface area (Å²) >= 11 is 1.64. The summed E-state index contributed by atoms with van der Waals surface area (Å²) in [6.07, 6.45) is 1.71. The number of imidazole rings is 1. The van der Waals surface area contributed by atoms with Crippen molar-refractivity contribution >= 4 is 34.4 Å². The molecule has 0 aliphatic rings. The van der Waals surface area contributed by atoms with E-state index in [1.807, 2.05) is 35.3 Å². The number of amides is 1. The van der Waals surface area contributed by atoms with E-state index in [0.717, 1.165) is 5.75 Å². The molecule has 5 nitrogen and oxygen atoms in total. The zero-order valence-electron chi connectivity index (χ0n) is 13.9. The Kier molecular flexibility index (Phi) is 5.26. The first-order valence-corrected chi connectivity index (χ1v) is 9.27. The van der Waals surface area contributed by atoms with Gasteiger partial charge < -0.3 is 14.9 Å². The fourth-order valence-corrected chi connectivity index (χ4v) is 3.11. The number of hydrogen-bond donors (Lipinski definition) is 2. The van der Waals surface area contributed by atoms with Gasteiger partial charge in [0.05, 0.1) is 11.0 Å². The van der Waals surface area contributed by atoms with Gasteiger partial charge >= 0.3 is 6.18 Å². The van der Waals surface area contributed by atoms with Crippen LogP contribution in [0.4, 0.5) is 18.9 Å². The second kappa shape index (κ2) is 7.45. The number of carbonyl (C=O) groups excluding carboxylic acids is 1. The van der Waals surface area contributed by atoms with Gasteiger partial charge in [-0.05, 0) is 48.8 Å². The summed E-state index contributed by atoms with van der Waals surface area (Å²) in [6.45, 7) is 0. The molecule has 1 atom stereocenters. The van der Waals surface area contributed by atoms with E-state index in [1.54, 1.807) is 17.8 Å². The standard InChI is InChI=1S/C17H17F3N4OS/c1-26-9-6-14(24-7-2-3-8-24)15(25)21-11-4-5-12-13(10-11)23-16(22-12)17(18,19)20/h2-5,7-8,10,14H,6,9H2,1H3,(H,21,25)(H,22,23). The molecule has 2 heterocycles. The number of hydrogen-bond acceptors (Lipinski definition) is 3. The van der Waals surface area contributed by atoms with Gasteiger partial charge in [-0.15, -0.1) is 0 Å². The molecule has 0 spiro atoms. The van der Waals surface area contributed by atoms with Crippen LogP contribution in [-0.2, 0) is 11.0 Å². The number of nitrogens with zero attached hydrogens (tertiary/aromatic N) is 2. The predicted octanol–water partition coefficient (Wildman–Crippen LogP) is 4.32. The number of H-pyrrole nitrogens is 1. The minimum absolute atomic E-state index is 0.194. The highest BCUT2D eigenvalue weighted by molar-refractivity contribution is 7.98. The molecule has 0 saturated carbocycles. The third kappa shape index (κ3) is 4.04. The fraction of sp³-hybridized carbons (Fsp3) is 0.294. The van der Waals surface area contributed by atoms with Crippen LogP contribution in [0.1, 0.15) is 18.3 Å². The van der Waals surface area contributed by atoms with Crippen LogP contribution in [0.15, 0.2) is 42.7 Å². The Morgan fingerprint density at radius 2 is 2.08 bits per heavy atom. The normalized spacial score (nSPS) is 13.1. The Morgan fingerprint density at radius 3 is 2.73 bits per heavy atom. The van der Waals surface area contributed by atoms with Gasteiger partial charge in [-0.25, -0.2) is 4.98 Å². The summed E-state index contributed by atoms with van der Waals surface area (Å²) < 4.78 is 40.1. The van der Waals surface area contributed by atoms with Gasteiger partial charge in [0.2, 0.25) is 11.7 Å². The number of benzene rings is 1. The second-order valence-corrected chi connectivity index (χ2v) is 6.72. The van der Waals surface area contributed by atoms with Crippen molar-refractivity contribution in [3.05, 3.63) is 48.5 Å². The first-order chi connectivity index (χ1) is 12.4. The lowest BCUT2D eigenvalue weighted by Gasteiger charge is -2.18. The first kappa shape index (κ1) is 18.4. The lowest BCUT2D eigenvalue weighted by molar-refractivity contribution is -0.144. The van der Waals surface area contributed by atoms with Crippen molar-refractivity contribution in [1.29, 1.82) is 0 Å². The van der Waals surface area contributed by atoms with Crippen LogP contribution in [-0.4, -0.2) is 32.5 Å². The fourth-order valence-electron chi connectivity index (χ4n) is 2.65. The quantitative estimate of drug-likeness (QED) is 0.668. The maximum absolute atomic E-state index is 12.7. The van der Waals surface area contributed by atoms with Crippen molar-refractivity contribution in [3.63, 3.8) is 0 Å². The number of anilines is 1. The van der Waals surface area contributed by atoms with Crippen LogP contribution in [0, 0.1) is 0 Å². The van der Waals surface area contributed by atoms with Crippen LogP contribution in [0.25, 0.3) is 11.0 Å². The van der Waals surface area contributed by atoms with E-state index in [0.29, 0.717) is 12.1 Å². The van der Waals surface area contributed by atoms with Crippen LogP contribution < -0.4 is 5.32 Å². The Hall–Kier alpha value is -2.42. The summed E-state index contributed by atoms with van der Waals surface area (Å²) in [6, 6.07) is 7.74. The number of halogens is 3. The van der Waals surface area contributed by atoms with E-state index >= 15 is 0 Å². The van der Waals surface area contributed by atoms with Crippen LogP contribution in [0.2, 0.25) is 0 Å². The molecular formula is C17H17F3N4OS. The number of rotatable bonds is 6. The van der Waals surface area contributed by atoms with Gasteiger partial charge in [-0.3, -0.25) is 4.79 Å². The number of alkyl halides is 3. The Morgan fingerprint density at radius 1 is 1.35 bits per heavy atom. The molecule has 3 aromatic rings. The molecule has 0 radical (unpaired) electrons. The summed E-state index contributed by atoms with van der Waals surface area (Å²) in [5.74, 6) is -0.462. The van der Waals surface area contributed by atoms with Gasteiger partial charge in [-0.2, -0.15) is 24.9 Å². The van der Waals surface area contributed by atoms with Gasteiger partial charge in [0.15, 0.2) is 0 Å². The molecule has 1 aromatic carbocycles. The highest BCUT2D eigenvalue weighted by atomic mass is 32.2. The highest BCUT2D eigenvalue weighted by Crippen LogP contribution is 2.29. The maximum atomic E-state index is 12.7. The number of aromatic nitrogens is 3. The minimum atomic E-state index is -4.54. The van der Waals surface area contributed by atoms with Gasteiger partial charge in [0.1, 0.15) is 6.04 Å². The molecule has 0 fully saturated rings.